The highest BCUT2D eigenvalue weighted by Gasteiger charge is 2.11. The fourth-order valence-electron chi connectivity index (χ4n) is 1.88. The Morgan fingerprint density at radius 1 is 1.45 bits per heavy atom. The normalized spacial score (nSPS) is 11.8. The summed E-state index contributed by atoms with van der Waals surface area (Å²) in [5.41, 5.74) is -0.313. The van der Waals surface area contributed by atoms with Gasteiger partial charge in [-0.15, -0.1) is 0 Å². The van der Waals surface area contributed by atoms with Gasteiger partial charge in [-0.3, -0.25) is 4.79 Å². The predicted molar refractivity (Wildman–Crippen MR) is 82.9 cm³/mol. The molecule has 22 heavy (non-hydrogen) atoms. The van der Waals surface area contributed by atoms with Gasteiger partial charge in [0.1, 0.15) is 24.7 Å². The second kappa shape index (κ2) is 8.92. The zero-order valence-corrected chi connectivity index (χ0v) is 13.3. The van der Waals surface area contributed by atoms with Crippen LogP contribution in [0.4, 0.5) is 4.79 Å². The van der Waals surface area contributed by atoms with Crippen molar-refractivity contribution in [3.63, 3.8) is 0 Å². The molecule has 0 aliphatic rings. The molecule has 0 spiro atoms. The molecule has 1 aromatic heterocycles. The Kier molecular flexibility index (Phi) is 7.22. The Labute approximate surface area is 130 Å². The van der Waals surface area contributed by atoms with Crippen LogP contribution in [0.3, 0.4) is 0 Å². The third-order valence-electron chi connectivity index (χ3n) is 2.73. The maximum absolute atomic E-state index is 11.7. The average Bonchev–Trinajstić information content (AvgIpc) is 2.43. The minimum atomic E-state index is -0.539. The van der Waals surface area contributed by atoms with Crippen molar-refractivity contribution in [3.05, 3.63) is 41.0 Å². The lowest BCUT2D eigenvalue weighted by Crippen LogP contribution is -2.28. The molecule has 0 saturated carbocycles. The molecule has 6 heteroatoms. The van der Waals surface area contributed by atoms with Crippen LogP contribution in [-0.2, 0) is 11.3 Å². The number of nitrogens with one attached hydrogen (secondary N) is 1. The number of hydrogen-bond acceptors (Lipinski definition) is 5. The van der Waals surface area contributed by atoms with Crippen LogP contribution >= 0.6 is 0 Å². The summed E-state index contributed by atoms with van der Waals surface area (Å²) in [6.45, 7) is 9.75. The molecule has 0 bridgehead atoms. The number of alkyl carbamates (subject to hydrolysis) is 1. The maximum Gasteiger partial charge on any atom is 0.407 e. The molecule has 1 N–H and O–H groups in total. The number of rotatable bonds is 8. The summed E-state index contributed by atoms with van der Waals surface area (Å²) in [7, 11) is 0. The topological polar surface area (TPSA) is 77.8 Å². The first kappa shape index (κ1) is 17.8. The van der Waals surface area contributed by atoms with Gasteiger partial charge >= 0.3 is 6.09 Å². The van der Waals surface area contributed by atoms with Crippen LogP contribution in [0.5, 0.6) is 5.75 Å². The van der Waals surface area contributed by atoms with Crippen molar-refractivity contribution in [1.82, 2.24) is 5.32 Å². The number of carbonyl (C=O) groups is 1. The molecule has 1 aromatic rings. The zero-order chi connectivity index (χ0) is 16.5. The summed E-state index contributed by atoms with van der Waals surface area (Å²) < 4.78 is 15.5. The van der Waals surface area contributed by atoms with E-state index in [4.69, 9.17) is 13.9 Å². The van der Waals surface area contributed by atoms with E-state index in [0.29, 0.717) is 11.7 Å². The zero-order valence-electron chi connectivity index (χ0n) is 13.3. The van der Waals surface area contributed by atoms with Gasteiger partial charge in [-0.05, 0) is 19.3 Å². The first-order valence-corrected chi connectivity index (χ1v) is 7.22. The molecule has 122 valence electrons. The Bertz CT molecular complexity index is 550. The van der Waals surface area contributed by atoms with Crippen molar-refractivity contribution in [2.24, 2.45) is 5.92 Å². The molecular formula is C16H23NO5. The first-order valence-electron chi connectivity index (χ1n) is 7.22. The van der Waals surface area contributed by atoms with Gasteiger partial charge in [0.2, 0.25) is 11.2 Å². The van der Waals surface area contributed by atoms with E-state index in [1.807, 2.05) is 6.92 Å². The van der Waals surface area contributed by atoms with Crippen molar-refractivity contribution in [3.8, 4) is 5.75 Å². The van der Waals surface area contributed by atoms with Crippen LogP contribution in [0, 0.1) is 5.92 Å². The summed E-state index contributed by atoms with van der Waals surface area (Å²) in [5.74, 6) is 0.880. The van der Waals surface area contributed by atoms with E-state index in [1.165, 1.54) is 18.4 Å². The van der Waals surface area contributed by atoms with Crippen molar-refractivity contribution in [2.45, 2.75) is 39.8 Å². The van der Waals surface area contributed by atoms with Crippen LogP contribution in [0.2, 0.25) is 0 Å². The molecule has 1 amide bonds. The van der Waals surface area contributed by atoms with Crippen molar-refractivity contribution in [2.75, 3.05) is 6.61 Å². The molecule has 1 unspecified atom stereocenters. The summed E-state index contributed by atoms with van der Waals surface area (Å²) in [6, 6.07) is 1.27. The monoisotopic (exact) mass is 309 g/mol. The third-order valence-corrected chi connectivity index (χ3v) is 2.73. The van der Waals surface area contributed by atoms with Crippen LogP contribution < -0.4 is 15.5 Å². The fraction of sp³-hybridized carbons (Fsp3) is 0.500. The highest BCUT2D eigenvalue weighted by atomic mass is 16.6. The lowest BCUT2D eigenvalue weighted by Gasteiger charge is -2.15. The SMILES string of the molecule is C=CCOc1coc(CNC(=O)OC(C)CC(C)C)cc1=O. The van der Waals surface area contributed by atoms with Gasteiger partial charge in [0.15, 0.2) is 0 Å². The average molecular weight is 309 g/mol. The molecule has 0 fully saturated rings. The molecule has 0 aromatic carbocycles. The molecule has 1 heterocycles. The number of ether oxygens (including phenoxy) is 2. The quantitative estimate of drug-likeness (QED) is 0.747. The van der Waals surface area contributed by atoms with E-state index in [1.54, 1.807) is 0 Å². The van der Waals surface area contributed by atoms with E-state index >= 15 is 0 Å². The van der Waals surface area contributed by atoms with E-state index < -0.39 is 6.09 Å². The highest BCUT2D eigenvalue weighted by molar-refractivity contribution is 5.67. The van der Waals surface area contributed by atoms with Crippen LogP contribution in [0.1, 0.15) is 33.0 Å². The Morgan fingerprint density at radius 3 is 2.77 bits per heavy atom. The summed E-state index contributed by atoms with van der Waals surface area (Å²) in [6.07, 6.45) is 2.83. The van der Waals surface area contributed by atoms with Crippen LogP contribution in [-0.4, -0.2) is 18.8 Å². The predicted octanol–water partition coefficient (Wildman–Crippen LogP) is 2.87. The molecule has 1 rings (SSSR count). The minimum absolute atomic E-state index is 0.0736. The molecule has 0 aliphatic carbocycles. The number of carbonyl (C=O) groups excluding carboxylic acids is 1. The lowest BCUT2D eigenvalue weighted by molar-refractivity contribution is 0.0944. The Balaban J connectivity index is 2.47. The van der Waals surface area contributed by atoms with E-state index in [-0.39, 0.29) is 30.4 Å². The molecule has 0 aliphatic heterocycles. The number of amides is 1. The van der Waals surface area contributed by atoms with Crippen molar-refractivity contribution in [1.29, 1.82) is 0 Å². The van der Waals surface area contributed by atoms with Crippen LogP contribution in [0.25, 0.3) is 0 Å². The Hall–Kier alpha value is -2.24. The smallest absolute Gasteiger partial charge is 0.407 e. The highest BCUT2D eigenvalue weighted by Crippen LogP contribution is 2.08. The Morgan fingerprint density at radius 2 is 2.18 bits per heavy atom. The van der Waals surface area contributed by atoms with E-state index in [9.17, 15) is 9.59 Å². The molecule has 1 atom stereocenters. The van der Waals surface area contributed by atoms with Gasteiger partial charge in [-0.25, -0.2) is 4.79 Å². The van der Waals surface area contributed by atoms with E-state index in [0.717, 1.165) is 6.42 Å². The molecule has 6 nitrogen and oxygen atoms in total. The van der Waals surface area contributed by atoms with Gasteiger partial charge in [0, 0.05) is 6.07 Å². The van der Waals surface area contributed by atoms with Gasteiger partial charge in [-0.1, -0.05) is 26.5 Å². The largest absolute Gasteiger partial charge is 0.482 e. The van der Waals surface area contributed by atoms with Crippen molar-refractivity contribution < 1.29 is 18.7 Å². The first-order chi connectivity index (χ1) is 10.4. The fourth-order valence-corrected chi connectivity index (χ4v) is 1.88. The summed E-state index contributed by atoms with van der Waals surface area (Å²) in [5, 5.41) is 2.54. The maximum atomic E-state index is 11.7. The lowest BCUT2D eigenvalue weighted by atomic mass is 10.1. The molecule has 0 saturated heterocycles. The van der Waals surface area contributed by atoms with Gasteiger partial charge < -0.3 is 19.2 Å². The summed E-state index contributed by atoms with van der Waals surface area (Å²) in [4.78, 5) is 23.3. The molecular weight excluding hydrogens is 286 g/mol. The van der Waals surface area contributed by atoms with Gasteiger partial charge in [0.25, 0.3) is 0 Å². The van der Waals surface area contributed by atoms with Crippen LogP contribution in [0.15, 0.2) is 34.2 Å². The van der Waals surface area contributed by atoms with Gasteiger partial charge in [-0.2, -0.15) is 0 Å². The second-order valence-corrected chi connectivity index (χ2v) is 5.37. The number of hydrogen-bond donors (Lipinski definition) is 1. The van der Waals surface area contributed by atoms with Gasteiger partial charge in [0.05, 0.1) is 6.54 Å². The molecule has 0 radical (unpaired) electrons. The standard InChI is InChI=1S/C16H23NO5/c1-5-6-20-15-10-21-13(8-14(15)18)9-17-16(19)22-12(4)7-11(2)3/h5,8,10-12H,1,6-7,9H2,2-4H3,(H,17,19). The van der Waals surface area contributed by atoms with E-state index in [2.05, 4.69) is 25.7 Å². The minimum Gasteiger partial charge on any atom is -0.482 e. The summed E-state index contributed by atoms with van der Waals surface area (Å²) >= 11 is 0. The third kappa shape index (κ3) is 6.47. The second-order valence-electron chi connectivity index (χ2n) is 5.37. The van der Waals surface area contributed by atoms with Crippen molar-refractivity contribution >= 4 is 6.09 Å².